The fourth-order valence-corrected chi connectivity index (χ4v) is 2.91. The molecule has 7 heteroatoms. The van der Waals surface area contributed by atoms with E-state index < -0.39 is 5.82 Å². The lowest BCUT2D eigenvalue weighted by molar-refractivity contribution is 0.423. The van der Waals surface area contributed by atoms with Gasteiger partial charge in [-0.1, -0.05) is 23.7 Å². The molecule has 1 unspecified atom stereocenters. The van der Waals surface area contributed by atoms with Crippen LogP contribution in [0.4, 0.5) is 16.0 Å². The van der Waals surface area contributed by atoms with Crippen LogP contribution in [0, 0.1) is 11.7 Å². The first-order chi connectivity index (χ1) is 10.5. The molecule has 1 aliphatic carbocycles. The molecule has 2 aromatic rings. The summed E-state index contributed by atoms with van der Waals surface area (Å²) >= 11 is 11.0. The van der Waals surface area contributed by atoms with Gasteiger partial charge in [0.15, 0.2) is 5.11 Å². The minimum Gasteiger partial charge on any atom is -0.338 e. The Morgan fingerprint density at radius 2 is 2.27 bits per heavy atom. The highest BCUT2D eigenvalue weighted by atomic mass is 35.5. The van der Waals surface area contributed by atoms with Gasteiger partial charge in [0.1, 0.15) is 5.82 Å². The van der Waals surface area contributed by atoms with Crippen molar-refractivity contribution in [2.24, 2.45) is 5.92 Å². The number of hydrogen-bond donors (Lipinski definition) is 2. The minimum absolute atomic E-state index is 0.0404. The van der Waals surface area contributed by atoms with Gasteiger partial charge < -0.3 is 15.2 Å². The number of aryl methyl sites for hydroxylation is 1. The van der Waals surface area contributed by atoms with Crippen molar-refractivity contribution in [2.75, 3.05) is 10.6 Å². The van der Waals surface area contributed by atoms with Crippen molar-refractivity contribution in [1.29, 1.82) is 0 Å². The van der Waals surface area contributed by atoms with Crippen molar-refractivity contribution in [3.05, 3.63) is 40.3 Å². The van der Waals surface area contributed by atoms with Gasteiger partial charge in [-0.2, -0.15) is 0 Å². The van der Waals surface area contributed by atoms with E-state index in [4.69, 9.17) is 28.3 Å². The first-order valence-corrected chi connectivity index (χ1v) is 7.82. The summed E-state index contributed by atoms with van der Waals surface area (Å²) in [7, 11) is 0. The van der Waals surface area contributed by atoms with Gasteiger partial charge in [0.25, 0.3) is 0 Å². The van der Waals surface area contributed by atoms with E-state index in [0.29, 0.717) is 22.6 Å². The van der Waals surface area contributed by atoms with Gasteiger partial charge in [-0.15, -0.1) is 0 Å². The van der Waals surface area contributed by atoms with E-state index >= 15 is 0 Å². The summed E-state index contributed by atoms with van der Waals surface area (Å²) in [5.41, 5.74) is 2.68. The molecule has 0 bridgehead atoms. The first kappa shape index (κ1) is 15.2. The molecule has 116 valence electrons. The monoisotopic (exact) mass is 339 g/mol. The highest BCUT2D eigenvalue weighted by Gasteiger charge is 2.23. The normalized spacial score (nSPS) is 17.0. The molecule has 0 radical (unpaired) electrons. The standard InChI is InChI=1S/C15H15ClFN3OS/c1-8-2-5-13-10(6-8)14(21-20-13)19-15(22)18-9-3-4-12(17)11(16)7-9/h3-4,7-8H,2,5-6H2,1H3,(H2,18,19,22). The van der Waals surface area contributed by atoms with E-state index in [1.54, 1.807) is 6.07 Å². The van der Waals surface area contributed by atoms with E-state index in [2.05, 4.69) is 22.7 Å². The van der Waals surface area contributed by atoms with Gasteiger partial charge in [0, 0.05) is 11.3 Å². The molecule has 4 nitrogen and oxygen atoms in total. The molecule has 0 amide bonds. The smallest absolute Gasteiger partial charge is 0.234 e. The maximum atomic E-state index is 13.1. The molecule has 0 fully saturated rings. The second-order valence-corrected chi connectivity index (χ2v) is 6.31. The van der Waals surface area contributed by atoms with Crippen LogP contribution in [0.3, 0.4) is 0 Å². The maximum absolute atomic E-state index is 13.1. The van der Waals surface area contributed by atoms with E-state index in [1.807, 2.05) is 0 Å². The van der Waals surface area contributed by atoms with E-state index in [1.165, 1.54) is 12.1 Å². The molecule has 1 atom stereocenters. The van der Waals surface area contributed by atoms with Crippen LogP contribution in [-0.4, -0.2) is 10.3 Å². The van der Waals surface area contributed by atoms with Crippen molar-refractivity contribution in [2.45, 2.75) is 26.2 Å². The molecule has 1 aromatic carbocycles. The Morgan fingerprint density at radius 3 is 3.05 bits per heavy atom. The van der Waals surface area contributed by atoms with Crippen molar-refractivity contribution in [1.82, 2.24) is 5.16 Å². The first-order valence-electron chi connectivity index (χ1n) is 7.03. The fourth-order valence-electron chi connectivity index (χ4n) is 2.52. The predicted octanol–water partition coefficient (Wildman–Crippen LogP) is 4.40. The maximum Gasteiger partial charge on any atom is 0.234 e. The number of benzene rings is 1. The summed E-state index contributed by atoms with van der Waals surface area (Å²) in [5.74, 6) is 0.710. The molecule has 0 aliphatic heterocycles. The Kier molecular flexibility index (Phi) is 4.31. The zero-order chi connectivity index (χ0) is 15.7. The van der Waals surface area contributed by atoms with Crippen LogP contribution in [0.2, 0.25) is 5.02 Å². The van der Waals surface area contributed by atoms with Gasteiger partial charge >= 0.3 is 0 Å². The Labute approximate surface area is 138 Å². The van der Waals surface area contributed by atoms with Gasteiger partial charge in [-0.05, 0) is 55.6 Å². The number of aromatic nitrogens is 1. The van der Waals surface area contributed by atoms with Gasteiger partial charge in [-0.25, -0.2) is 4.39 Å². The van der Waals surface area contributed by atoms with Crippen LogP contribution in [-0.2, 0) is 12.8 Å². The lowest BCUT2D eigenvalue weighted by Crippen LogP contribution is -2.20. The summed E-state index contributed by atoms with van der Waals surface area (Å²) in [5, 5.41) is 10.4. The average Bonchev–Trinajstić information content (AvgIpc) is 2.85. The number of thiocarbonyl (C=S) groups is 1. The summed E-state index contributed by atoms with van der Waals surface area (Å²) in [6.45, 7) is 2.21. The van der Waals surface area contributed by atoms with Crippen molar-refractivity contribution >= 4 is 40.5 Å². The molecule has 0 saturated carbocycles. The van der Waals surface area contributed by atoms with Crippen molar-refractivity contribution < 1.29 is 8.91 Å². The highest BCUT2D eigenvalue weighted by Crippen LogP contribution is 2.30. The van der Waals surface area contributed by atoms with Crippen LogP contribution >= 0.6 is 23.8 Å². The summed E-state index contributed by atoms with van der Waals surface area (Å²) in [6.07, 6.45) is 2.97. The fraction of sp³-hybridized carbons (Fsp3) is 0.333. The van der Waals surface area contributed by atoms with E-state index in [0.717, 1.165) is 30.5 Å². The van der Waals surface area contributed by atoms with E-state index in [-0.39, 0.29) is 5.02 Å². The topological polar surface area (TPSA) is 50.1 Å². The van der Waals surface area contributed by atoms with Crippen LogP contribution in [0.1, 0.15) is 24.6 Å². The Hall–Kier alpha value is -1.66. The Morgan fingerprint density at radius 1 is 1.45 bits per heavy atom. The number of hydrogen-bond acceptors (Lipinski definition) is 3. The molecule has 1 aliphatic rings. The second kappa shape index (κ2) is 6.22. The zero-order valence-corrected chi connectivity index (χ0v) is 13.5. The highest BCUT2D eigenvalue weighted by molar-refractivity contribution is 7.80. The number of rotatable bonds is 2. The lowest BCUT2D eigenvalue weighted by atomic mass is 9.89. The third kappa shape index (κ3) is 3.23. The van der Waals surface area contributed by atoms with Crippen LogP contribution in [0.25, 0.3) is 0 Å². The molecule has 1 heterocycles. The van der Waals surface area contributed by atoms with Gasteiger partial charge in [-0.3, -0.25) is 0 Å². The summed E-state index contributed by atoms with van der Waals surface area (Å²) < 4.78 is 18.5. The van der Waals surface area contributed by atoms with Gasteiger partial charge in [0.2, 0.25) is 5.88 Å². The molecular formula is C15H15ClFN3OS. The van der Waals surface area contributed by atoms with Crippen LogP contribution in [0.15, 0.2) is 22.7 Å². The Bertz CT molecular complexity index is 719. The minimum atomic E-state index is -0.468. The molecular weight excluding hydrogens is 325 g/mol. The second-order valence-electron chi connectivity index (χ2n) is 5.49. The van der Waals surface area contributed by atoms with Crippen molar-refractivity contribution in [3.63, 3.8) is 0 Å². The van der Waals surface area contributed by atoms with Crippen LogP contribution < -0.4 is 10.6 Å². The van der Waals surface area contributed by atoms with E-state index in [9.17, 15) is 4.39 Å². The summed E-state index contributed by atoms with van der Waals surface area (Å²) in [4.78, 5) is 0. The average molecular weight is 340 g/mol. The third-order valence-electron chi connectivity index (χ3n) is 3.70. The quantitative estimate of drug-likeness (QED) is 0.794. The molecule has 1 aromatic heterocycles. The van der Waals surface area contributed by atoms with Crippen molar-refractivity contribution in [3.8, 4) is 0 Å². The number of anilines is 2. The Balaban J connectivity index is 1.69. The molecule has 2 N–H and O–H groups in total. The molecule has 3 rings (SSSR count). The zero-order valence-electron chi connectivity index (χ0n) is 12.0. The SMILES string of the molecule is CC1CCc2noc(NC(=S)Nc3ccc(F)c(Cl)c3)c2C1. The predicted molar refractivity (Wildman–Crippen MR) is 88.9 cm³/mol. The third-order valence-corrected chi connectivity index (χ3v) is 4.19. The lowest BCUT2D eigenvalue weighted by Gasteiger charge is -2.17. The number of nitrogens with zero attached hydrogens (tertiary/aromatic N) is 1. The summed E-state index contributed by atoms with van der Waals surface area (Å²) in [6, 6.07) is 4.32. The number of fused-ring (bicyclic) bond motifs is 1. The van der Waals surface area contributed by atoms with Crippen LogP contribution in [0.5, 0.6) is 0 Å². The molecule has 0 spiro atoms. The largest absolute Gasteiger partial charge is 0.338 e. The van der Waals surface area contributed by atoms with Gasteiger partial charge in [0.05, 0.1) is 10.7 Å². The molecule has 0 saturated heterocycles. The molecule has 22 heavy (non-hydrogen) atoms. The number of halogens is 2. The number of nitrogens with one attached hydrogen (secondary N) is 2.